The number of benzene rings is 3. The molecular weight excluding hydrogens is 428 g/mol. The number of hydrogen-bond donors (Lipinski definition) is 2. The minimum absolute atomic E-state index is 0.349. The molecule has 0 radical (unpaired) electrons. The lowest BCUT2D eigenvalue weighted by Gasteiger charge is -2.11. The molecule has 3 aromatic carbocycles. The Labute approximate surface area is 190 Å². The van der Waals surface area contributed by atoms with Gasteiger partial charge in [0, 0.05) is 16.7 Å². The maximum atomic E-state index is 12.6. The third-order valence-corrected chi connectivity index (χ3v) is 5.09. The van der Waals surface area contributed by atoms with E-state index in [1.165, 1.54) is 6.21 Å². The first kappa shape index (κ1) is 21.4. The van der Waals surface area contributed by atoms with Gasteiger partial charge in [0.05, 0.1) is 36.0 Å². The van der Waals surface area contributed by atoms with Crippen LogP contribution in [-0.4, -0.2) is 35.8 Å². The second-order valence-electron chi connectivity index (χ2n) is 6.81. The van der Waals surface area contributed by atoms with Crippen LogP contribution in [0.4, 0.5) is 0 Å². The number of nitrogens with one attached hydrogen (secondary N) is 2. The molecule has 0 unspecified atom stereocenters. The SMILES string of the molecule is CCOc1c(/C=N/NC(=O)c2ccc3nc(-c4ccccc4Cl)[nH]c3c2)cccc1OC. The second-order valence-corrected chi connectivity index (χ2v) is 7.22. The molecule has 1 amide bonds. The number of amides is 1. The number of rotatable bonds is 7. The van der Waals surface area contributed by atoms with E-state index in [4.69, 9.17) is 21.1 Å². The van der Waals surface area contributed by atoms with Gasteiger partial charge in [-0.25, -0.2) is 10.4 Å². The third-order valence-electron chi connectivity index (χ3n) is 4.76. The highest BCUT2D eigenvalue weighted by Gasteiger charge is 2.12. The zero-order valence-corrected chi connectivity index (χ0v) is 18.3. The lowest BCUT2D eigenvalue weighted by Crippen LogP contribution is -2.17. The number of hydrazone groups is 1. The van der Waals surface area contributed by atoms with Crippen molar-refractivity contribution in [2.75, 3.05) is 13.7 Å². The van der Waals surface area contributed by atoms with Gasteiger partial charge in [-0.05, 0) is 49.4 Å². The number of aromatic nitrogens is 2. The molecular formula is C24H21ClN4O3. The van der Waals surface area contributed by atoms with E-state index >= 15 is 0 Å². The quantitative estimate of drug-likeness (QED) is 0.305. The van der Waals surface area contributed by atoms with Gasteiger partial charge >= 0.3 is 0 Å². The van der Waals surface area contributed by atoms with Crippen LogP contribution in [0.15, 0.2) is 65.8 Å². The zero-order valence-electron chi connectivity index (χ0n) is 17.6. The zero-order chi connectivity index (χ0) is 22.5. The van der Waals surface area contributed by atoms with Crippen LogP contribution in [0.2, 0.25) is 5.02 Å². The molecule has 1 heterocycles. The minimum atomic E-state index is -0.349. The fourth-order valence-electron chi connectivity index (χ4n) is 3.25. The van der Waals surface area contributed by atoms with Crippen molar-refractivity contribution in [3.8, 4) is 22.9 Å². The highest BCUT2D eigenvalue weighted by molar-refractivity contribution is 6.33. The average Bonchev–Trinajstić information content (AvgIpc) is 3.23. The van der Waals surface area contributed by atoms with E-state index in [-0.39, 0.29) is 5.91 Å². The number of aromatic amines is 1. The predicted molar refractivity (Wildman–Crippen MR) is 126 cm³/mol. The number of fused-ring (bicyclic) bond motifs is 1. The Bertz CT molecular complexity index is 1300. The molecule has 4 rings (SSSR count). The predicted octanol–water partition coefficient (Wildman–Crippen LogP) is 5.05. The van der Waals surface area contributed by atoms with Gasteiger partial charge in [-0.1, -0.05) is 29.8 Å². The van der Waals surface area contributed by atoms with Crippen LogP contribution in [0, 0.1) is 0 Å². The summed E-state index contributed by atoms with van der Waals surface area (Å²) >= 11 is 6.27. The summed E-state index contributed by atoms with van der Waals surface area (Å²) in [6.45, 7) is 2.37. The lowest BCUT2D eigenvalue weighted by atomic mass is 10.2. The number of halogens is 1. The molecule has 1 aromatic heterocycles. The van der Waals surface area contributed by atoms with E-state index in [0.717, 1.165) is 16.6 Å². The van der Waals surface area contributed by atoms with Gasteiger partial charge in [0.2, 0.25) is 0 Å². The fourth-order valence-corrected chi connectivity index (χ4v) is 3.48. The Morgan fingerprint density at radius 3 is 2.81 bits per heavy atom. The summed E-state index contributed by atoms with van der Waals surface area (Å²) in [5.74, 6) is 1.46. The molecule has 0 atom stereocenters. The van der Waals surface area contributed by atoms with Crippen LogP contribution in [0.5, 0.6) is 11.5 Å². The first-order valence-corrected chi connectivity index (χ1v) is 10.4. The maximum Gasteiger partial charge on any atom is 0.271 e. The number of ether oxygens (including phenoxy) is 2. The van der Waals surface area contributed by atoms with Crippen molar-refractivity contribution < 1.29 is 14.3 Å². The van der Waals surface area contributed by atoms with Gasteiger partial charge < -0.3 is 14.5 Å². The summed E-state index contributed by atoms with van der Waals surface area (Å²) in [6, 6.07) is 18.1. The lowest BCUT2D eigenvalue weighted by molar-refractivity contribution is 0.0955. The summed E-state index contributed by atoms with van der Waals surface area (Å²) < 4.78 is 11.0. The van der Waals surface area contributed by atoms with Crippen LogP contribution < -0.4 is 14.9 Å². The van der Waals surface area contributed by atoms with Crippen LogP contribution in [-0.2, 0) is 0 Å². The minimum Gasteiger partial charge on any atom is -0.493 e. The number of para-hydroxylation sites is 1. The molecule has 162 valence electrons. The summed E-state index contributed by atoms with van der Waals surface area (Å²) in [4.78, 5) is 20.4. The summed E-state index contributed by atoms with van der Waals surface area (Å²) in [6.07, 6.45) is 1.52. The van der Waals surface area contributed by atoms with Gasteiger partial charge in [0.1, 0.15) is 5.82 Å². The molecule has 0 saturated carbocycles. The molecule has 0 bridgehead atoms. The van der Waals surface area contributed by atoms with Crippen molar-refractivity contribution in [3.63, 3.8) is 0 Å². The van der Waals surface area contributed by atoms with Crippen LogP contribution in [0.25, 0.3) is 22.4 Å². The molecule has 4 aromatic rings. The van der Waals surface area contributed by atoms with E-state index < -0.39 is 0 Å². The highest BCUT2D eigenvalue weighted by Crippen LogP contribution is 2.30. The number of imidazole rings is 1. The summed E-state index contributed by atoms with van der Waals surface area (Å²) in [7, 11) is 1.57. The van der Waals surface area contributed by atoms with Crippen LogP contribution in [0.3, 0.4) is 0 Å². The second kappa shape index (κ2) is 9.53. The Morgan fingerprint density at radius 1 is 1.19 bits per heavy atom. The number of carbonyl (C=O) groups is 1. The van der Waals surface area contributed by atoms with Crippen LogP contribution >= 0.6 is 11.6 Å². The average molecular weight is 449 g/mol. The van der Waals surface area contributed by atoms with E-state index in [0.29, 0.717) is 40.1 Å². The number of H-pyrrole nitrogens is 1. The molecule has 0 fully saturated rings. The molecule has 7 nitrogen and oxygen atoms in total. The molecule has 2 N–H and O–H groups in total. The highest BCUT2D eigenvalue weighted by atomic mass is 35.5. The van der Waals surface area contributed by atoms with E-state index in [1.54, 1.807) is 37.4 Å². The van der Waals surface area contributed by atoms with Crippen LogP contribution in [0.1, 0.15) is 22.8 Å². The standard InChI is InChI=1S/C24H21ClN4O3/c1-3-32-22-16(7-6-10-21(22)31-2)14-26-29-24(30)15-11-12-19-20(13-15)28-23(27-19)17-8-4-5-9-18(17)25/h4-14H,3H2,1-2H3,(H,27,28)(H,29,30)/b26-14+. The Balaban J connectivity index is 1.53. The number of carbonyl (C=O) groups excluding carboxylic acids is 1. The third kappa shape index (κ3) is 4.43. The largest absolute Gasteiger partial charge is 0.493 e. The van der Waals surface area contributed by atoms with Gasteiger partial charge in [-0.15, -0.1) is 0 Å². The fraction of sp³-hybridized carbons (Fsp3) is 0.125. The van der Waals surface area contributed by atoms with Crippen molar-refractivity contribution in [2.45, 2.75) is 6.92 Å². The van der Waals surface area contributed by atoms with E-state index in [1.807, 2.05) is 37.3 Å². The Morgan fingerprint density at radius 2 is 2.03 bits per heavy atom. The monoisotopic (exact) mass is 448 g/mol. The van der Waals surface area contributed by atoms with E-state index in [9.17, 15) is 4.79 Å². The summed E-state index contributed by atoms with van der Waals surface area (Å²) in [5, 5.41) is 4.68. The van der Waals surface area contributed by atoms with Crippen molar-refractivity contribution >= 4 is 34.8 Å². The Hall–Kier alpha value is -3.84. The smallest absolute Gasteiger partial charge is 0.271 e. The van der Waals surface area contributed by atoms with Crippen molar-refractivity contribution in [1.29, 1.82) is 0 Å². The van der Waals surface area contributed by atoms with Gasteiger partial charge in [0.25, 0.3) is 5.91 Å². The topological polar surface area (TPSA) is 88.6 Å². The normalized spacial score (nSPS) is 11.1. The first-order valence-electron chi connectivity index (χ1n) is 9.98. The van der Waals surface area contributed by atoms with Crippen molar-refractivity contribution in [2.24, 2.45) is 5.10 Å². The summed E-state index contributed by atoms with van der Waals surface area (Å²) in [5.41, 5.74) is 5.94. The van der Waals surface area contributed by atoms with Crippen molar-refractivity contribution in [1.82, 2.24) is 15.4 Å². The van der Waals surface area contributed by atoms with E-state index in [2.05, 4.69) is 20.5 Å². The van der Waals surface area contributed by atoms with Gasteiger partial charge in [0.15, 0.2) is 11.5 Å². The Kier molecular flexibility index (Phi) is 6.37. The van der Waals surface area contributed by atoms with Gasteiger partial charge in [-0.2, -0.15) is 5.10 Å². The molecule has 0 aliphatic carbocycles. The molecule has 0 spiro atoms. The number of hydrogen-bond acceptors (Lipinski definition) is 5. The molecule has 0 aliphatic rings. The molecule has 0 saturated heterocycles. The van der Waals surface area contributed by atoms with Crippen molar-refractivity contribution in [3.05, 3.63) is 76.8 Å². The molecule has 32 heavy (non-hydrogen) atoms. The number of nitrogens with zero attached hydrogens (tertiary/aromatic N) is 2. The van der Waals surface area contributed by atoms with Gasteiger partial charge in [-0.3, -0.25) is 4.79 Å². The number of methoxy groups -OCH3 is 1. The maximum absolute atomic E-state index is 12.6. The molecule has 8 heteroatoms. The molecule has 0 aliphatic heterocycles. The first-order chi connectivity index (χ1) is 15.6.